The molecule has 0 radical (unpaired) electrons. The number of amides is 1. The summed E-state index contributed by atoms with van der Waals surface area (Å²) in [6.07, 6.45) is 2.12. The van der Waals surface area contributed by atoms with Crippen molar-refractivity contribution in [3.8, 4) is 0 Å². The lowest BCUT2D eigenvalue weighted by Crippen LogP contribution is -2.51. The Hall–Kier alpha value is -1.44. The lowest BCUT2D eigenvalue weighted by atomic mass is 9.91. The van der Waals surface area contributed by atoms with Crippen LogP contribution in [0.5, 0.6) is 0 Å². The standard InChI is InChI=1S/C18H31N3O4/c1-17(2,12-22)14-10-15(25-20-14)19-16(23)18(3,4)21(5)8-6-13-7-9-24-11-13/h10,13,22H,6-9,11-12H2,1-5H3,(H,19,23). The van der Waals surface area contributed by atoms with Gasteiger partial charge < -0.3 is 14.4 Å². The summed E-state index contributed by atoms with van der Waals surface area (Å²) in [6.45, 7) is 9.95. The number of hydrogen-bond acceptors (Lipinski definition) is 6. The molecule has 0 spiro atoms. The van der Waals surface area contributed by atoms with E-state index in [0.29, 0.717) is 17.5 Å². The molecule has 1 unspecified atom stereocenters. The van der Waals surface area contributed by atoms with E-state index in [1.54, 1.807) is 6.07 Å². The zero-order chi connectivity index (χ0) is 18.7. The van der Waals surface area contributed by atoms with Gasteiger partial charge in [0.15, 0.2) is 0 Å². The van der Waals surface area contributed by atoms with Crippen LogP contribution in [0, 0.1) is 5.92 Å². The topological polar surface area (TPSA) is 87.8 Å². The number of nitrogens with zero attached hydrogens (tertiary/aromatic N) is 2. The fraction of sp³-hybridized carbons (Fsp3) is 0.778. The molecule has 2 N–H and O–H groups in total. The fourth-order valence-electron chi connectivity index (χ4n) is 2.64. The molecule has 1 aliphatic rings. The van der Waals surface area contributed by atoms with Crippen LogP contribution >= 0.6 is 0 Å². The van der Waals surface area contributed by atoms with Gasteiger partial charge in [0.25, 0.3) is 0 Å². The molecule has 1 amide bonds. The maximum absolute atomic E-state index is 12.7. The Morgan fingerprint density at radius 3 is 2.76 bits per heavy atom. The third-order valence-corrected chi connectivity index (χ3v) is 5.24. The number of carbonyl (C=O) groups is 1. The van der Waals surface area contributed by atoms with Crippen molar-refractivity contribution in [3.63, 3.8) is 0 Å². The summed E-state index contributed by atoms with van der Waals surface area (Å²) in [7, 11) is 1.95. The molecule has 2 heterocycles. The van der Waals surface area contributed by atoms with Gasteiger partial charge in [-0.05, 0) is 46.2 Å². The van der Waals surface area contributed by atoms with E-state index in [1.165, 1.54) is 0 Å². The van der Waals surface area contributed by atoms with Crippen LogP contribution in [0.2, 0.25) is 0 Å². The van der Waals surface area contributed by atoms with Crippen LogP contribution in [-0.4, -0.2) is 60.0 Å². The molecule has 0 aliphatic carbocycles. The number of anilines is 1. The van der Waals surface area contributed by atoms with E-state index in [4.69, 9.17) is 9.26 Å². The molecule has 1 saturated heterocycles. The van der Waals surface area contributed by atoms with E-state index in [0.717, 1.165) is 32.6 Å². The van der Waals surface area contributed by atoms with Gasteiger partial charge in [-0.3, -0.25) is 15.0 Å². The van der Waals surface area contributed by atoms with E-state index >= 15 is 0 Å². The summed E-state index contributed by atoms with van der Waals surface area (Å²) in [5.74, 6) is 0.730. The lowest BCUT2D eigenvalue weighted by molar-refractivity contribution is -0.125. The normalized spacial score (nSPS) is 18.8. The van der Waals surface area contributed by atoms with E-state index < -0.39 is 11.0 Å². The third-order valence-electron chi connectivity index (χ3n) is 5.24. The second-order valence-electron chi connectivity index (χ2n) is 8.07. The highest BCUT2D eigenvalue weighted by molar-refractivity contribution is 5.96. The number of carbonyl (C=O) groups excluding carboxylic acids is 1. The lowest BCUT2D eigenvalue weighted by Gasteiger charge is -2.34. The van der Waals surface area contributed by atoms with Gasteiger partial charge in [-0.15, -0.1) is 0 Å². The second-order valence-corrected chi connectivity index (χ2v) is 8.07. The molecule has 1 fully saturated rings. The number of aliphatic hydroxyl groups is 1. The summed E-state index contributed by atoms with van der Waals surface area (Å²) in [6, 6.07) is 1.67. The van der Waals surface area contributed by atoms with Crippen molar-refractivity contribution in [1.82, 2.24) is 10.1 Å². The molecule has 1 aromatic heterocycles. The first-order valence-corrected chi connectivity index (χ1v) is 8.85. The summed E-state index contributed by atoms with van der Waals surface area (Å²) in [4.78, 5) is 14.7. The number of ether oxygens (including phenoxy) is 1. The molecule has 142 valence electrons. The van der Waals surface area contributed by atoms with Crippen molar-refractivity contribution in [2.75, 3.05) is 38.7 Å². The first-order valence-electron chi connectivity index (χ1n) is 8.85. The van der Waals surface area contributed by atoms with Crippen molar-refractivity contribution < 1.29 is 19.2 Å². The molecule has 7 heteroatoms. The highest BCUT2D eigenvalue weighted by Gasteiger charge is 2.34. The van der Waals surface area contributed by atoms with E-state index in [2.05, 4.69) is 15.4 Å². The van der Waals surface area contributed by atoms with Crippen LogP contribution in [0.3, 0.4) is 0 Å². The summed E-state index contributed by atoms with van der Waals surface area (Å²) < 4.78 is 10.6. The van der Waals surface area contributed by atoms with Gasteiger partial charge >= 0.3 is 0 Å². The first-order chi connectivity index (χ1) is 11.7. The van der Waals surface area contributed by atoms with Gasteiger partial charge in [0.05, 0.1) is 17.8 Å². The predicted molar refractivity (Wildman–Crippen MR) is 95.5 cm³/mol. The minimum Gasteiger partial charge on any atom is -0.395 e. The van der Waals surface area contributed by atoms with Crippen LogP contribution in [0.1, 0.15) is 46.2 Å². The zero-order valence-electron chi connectivity index (χ0n) is 16.0. The van der Waals surface area contributed by atoms with Crippen LogP contribution < -0.4 is 5.32 Å². The van der Waals surface area contributed by atoms with Crippen LogP contribution in [0.15, 0.2) is 10.6 Å². The van der Waals surface area contributed by atoms with Crippen LogP contribution in [0.4, 0.5) is 5.88 Å². The first kappa shape index (κ1) is 19.9. The van der Waals surface area contributed by atoms with Crippen molar-refractivity contribution in [2.24, 2.45) is 5.92 Å². The van der Waals surface area contributed by atoms with Crippen molar-refractivity contribution >= 4 is 11.8 Å². The summed E-state index contributed by atoms with van der Waals surface area (Å²) in [5.41, 5.74) is -0.584. The zero-order valence-corrected chi connectivity index (χ0v) is 16.0. The molecule has 7 nitrogen and oxygen atoms in total. The molecule has 25 heavy (non-hydrogen) atoms. The van der Waals surface area contributed by atoms with Gasteiger partial charge in [0, 0.05) is 24.7 Å². The Labute approximate surface area is 149 Å². The minimum atomic E-state index is -0.682. The quantitative estimate of drug-likeness (QED) is 0.743. The van der Waals surface area contributed by atoms with E-state index in [9.17, 15) is 9.90 Å². The van der Waals surface area contributed by atoms with Crippen molar-refractivity contribution in [1.29, 1.82) is 0 Å². The smallest absolute Gasteiger partial charge is 0.246 e. The Kier molecular flexibility index (Phi) is 6.24. The molecular weight excluding hydrogens is 322 g/mol. The number of likely N-dealkylation sites (N-methyl/N-ethyl adjacent to an activating group) is 1. The Morgan fingerprint density at radius 1 is 1.44 bits per heavy atom. The molecule has 0 aromatic carbocycles. The van der Waals surface area contributed by atoms with E-state index in [1.807, 2.05) is 34.7 Å². The molecule has 0 bridgehead atoms. The summed E-state index contributed by atoms with van der Waals surface area (Å²) >= 11 is 0. The molecular formula is C18H31N3O4. The third kappa shape index (κ3) is 4.80. The molecule has 2 rings (SSSR count). The minimum absolute atomic E-state index is 0.0496. The molecule has 0 saturated carbocycles. The van der Waals surface area contributed by atoms with Gasteiger partial charge in [-0.2, -0.15) is 0 Å². The average molecular weight is 353 g/mol. The van der Waals surface area contributed by atoms with Gasteiger partial charge in [-0.25, -0.2) is 0 Å². The maximum atomic E-state index is 12.7. The molecule has 1 aliphatic heterocycles. The van der Waals surface area contributed by atoms with Crippen molar-refractivity contribution in [3.05, 3.63) is 11.8 Å². The monoisotopic (exact) mass is 353 g/mol. The Bertz CT molecular complexity index is 577. The number of rotatable bonds is 8. The van der Waals surface area contributed by atoms with Gasteiger partial charge in [0.1, 0.15) is 0 Å². The molecule has 1 atom stereocenters. The number of nitrogens with one attached hydrogen (secondary N) is 1. The number of aliphatic hydroxyl groups excluding tert-OH is 1. The SMILES string of the molecule is CN(CCC1CCOC1)C(C)(C)C(=O)Nc1cc(C(C)(C)CO)no1. The van der Waals surface area contributed by atoms with Gasteiger partial charge in [-0.1, -0.05) is 19.0 Å². The average Bonchev–Trinajstić information content (AvgIpc) is 3.24. The highest BCUT2D eigenvalue weighted by atomic mass is 16.5. The number of aromatic nitrogens is 1. The largest absolute Gasteiger partial charge is 0.395 e. The van der Waals surface area contributed by atoms with Crippen LogP contribution in [-0.2, 0) is 14.9 Å². The van der Waals surface area contributed by atoms with Gasteiger partial charge in [0.2, 0.25) is 11.8 Å². The van der Waals surface area contributed by atoms with Crippen molar-refractivity contribution in [2.45, 2.75) is 51.5 Å². The molecule has 1 aromatic rings. The maximum Gasteiger partial charge on any atom is 0.246 e. The second kappa shape index (κ2) is 7.85. The highest BCUT2D eigenvalue weighted by Crippen LogP contribution is 2.25. The van der Waals surface area contributed by atoms with E-state index in [-0.39, 0.29) is 12.5 Å². The number of hydrogen-bond donors (Lipinski definition) is 2. The fourth-order valence-corrected chi connectivity index (χ4v) is 2.64. The summed E-state index contributed by atoms with van der Waals surface area (Å²) in [5, 5.41) is 16.1. The predicted octanol–water partition coefficient (Wildman–Crippen LogP) is 2.02. The Balaban J connectivity index is 1.93. The Morgan fingerprint density at radius 2 is 2.16 bits per heavy atom. The van der Waals surface area contributed by atoms with Crippen LogP contribution in [0.25, 0.3) is 0 Å².